The Kier molecular flexibility index (Phi) is 8.13. The maximum Gasteiger partial charge on any atom is 0.160 e. The van der Waals surface area contributed by atoms with Crippen LogP contribution >= 0.6 is 0 Å². The zero-order chi connectivity index (χ0) is 21.4. The molecular weight excluding hydrogens is 368 g/mol. The lowest BCUT2D eigenvalue weighted by Gasteiger charge is -2.17. The van der Waals surface area contributed by atoms with Gasteiger partial charge in [-0.15, -0.1) is 0 Å². The first kappa shape index (κ1) is 22.3. The first-order valence-electron chi connectivity index (χ1n) is 9.76. The van der Waals surface area contributed by atoms with Crippen molar-refractivity contribution in [2.24, 2.45) is 11.8 Å². The molecule has 0 aliphatic rings. The van der Waals surface area contributed by atoms with Crippen molar-refractivity contribution in [3.8, 4) is 23.0 Å². The Bertz CT molecular complexity index is 854. The van der Waals surface area contributed by atoms with Crippen LogP contribution < -0.4 is 9.47 Å². The van der Waals surface area contributed by atoms with Gasteiger partial charge in [-0.1, -0.05) is 32.1 Å². The molecule has 1 atom stereocenters. The normalized spacial score (nSPS) is 12.3. The summed E-state index contributed by atoms with van der Waals surface area (Å²) in [6, 6.07) is 10.5. The molecule has 2 rings (SSSR count). The zero-order valence-corrected chi connectivity index (χ0v) is 17.5. The predicted octanol–water partition coefficient (Wildman–Crippen LogP) is 4.69. The first-order valence-corrected chi connectivity index (χ1v) is 9.76. The van der Waals surface area contributed by atoms with Gasteiger partial charge in [0.05, 0.1) is 14.2 Å². The van der Waals surface area contributed by atoms with E-state index < -0.39 is 0 Å². The minimum Gasteiger partial charge on any atom is -0.504 e. The maximum atomic E-state index is 12.3. The Morgan fingerprint density at radius 3 is 2.07 bits per heavy atom. The van der Waals surface area contributed by atoms with E-state index in [1.165, 1.54) is 14.2 Å². The molecule has 0 aliphatic carbocycles. The molecule has 5 heteroatoms. The third-order valence-corrected chi connectivity index (χ3v) is 5.01. The number of allylic oxidation sites excluding steroid dienone is 2. The number of benzene rings is 2. The van der Waals surface area contributed by atoms with Gasteiger partial charge in [-0.25, -0.2) is 0 Å². The lowest BCUT2D eigenvalue weighted by molar-refractivity contribution is -0.114. The van der Waals surface area contributed by atoms with Gasteiger partial charge >= 0.3 is 0 Å². The van der Waals surface area contributed by atoms with E-state index in [1.54, 1.807) is 30.3 Å². The molecule has 156 valence electrons. The van der Waals surface area contributed by atoms with Crippen molar-refractivity contribution in [2.75, 3.05) is 14.2 Å². The Labute approximate surface area is 172 Å². The van der Waals surface area contributed by atoms with Crippen molar-refractivity contribution in [1.29, 1.82) is 0 Å². The third kappa shape index (κ3) is 6.56. The summed E-state index contributed by atoms with van der Waals surface area (Å²) >= 11 is 0. The fourth-order valence-corrected chi connectivity index (χ4v) is 3.11. The summed E-state index contributed by atoms with van der Waals surface area (Å²) in [5.74, 6) is 1.69. The molecule has 0 aromatic heterocycles. The van der Waals surface area contributed by atoms with Crippen molar-refractivity contribution in [2.45, 2.75) is 33.1 Å². The SMILES string of the molecule is COc1cc(CCC(=O)C=CC(Cc2ccc(O)c(OC)c2)C(C)C)ccc1O. The summed E-state index contributed by atoms with van der Waals surface area (Å²) in [4.78, 5) is 12.3. The van der Waals surface area contributed by atoms with E-state index in [0.29, 0.717) is 30.3 Å². The second-order valence-corrected chi connectivity index (χ2v) is 7.45. The molecule has 0 radical (unpaired) electrons. The average molecular weight is 398 g/mol. The second kappa shape index (κ2) is 10.6. The fraction of sp³-hybridized carbons (Fsp3) is 0.375. The minimum atomic E-state index is 0.0611. The fourth-order valence-electron chi connectivity index (χ4n) is 3.11. The van der Waals surface area contributed by atoms with Crippen LogP contribution in [0, 0.1) is 11.8 Å². The topological polar surface area (TPSA) is 76.0 Å². The van der Waals surface area contributed by atoms with Crippen molar-refractivity contribution in [1.82, 2.24) is 0 Å². The number of phenols is 2. The van der Waals surface area contributed by atoms with Gasteiger partial charge in [0, 0.05) is 6.42 Å². The highest BCUT2D eigenvalue weighted by atomic mass is 16.5. The molecule has 0 spiro atoms. The highest BCUT2D eigenvalue weighted by Gasteiger charge is 2.13. The number of aromatic hydroxyl groups is 2. The zero-order valence-electron chi connectivity index (χ0n) is 17.5. The number of carbonyl (C=O) groups excluding carboxylic acids is 1. The number of methoxy groups -OCH3 is 2. The molecule has 0 fully saturated rings. The van der Waals surface area contributed by atoms with E-state index in [1.807, 2.05) is 18.2 Å². The number of rotatable bonds is 10. The van der Waals surface area contributed by atoms with Gasteiger partial charge in [0.15, 0.2) is 28.8 Å². The standard InChI is InChI=1S/C24H30O5/c1-16(2)19(13-18-7-12-22(27)24(15-18)29-4)8-10-20(25)9-5-17-6-11-21(26)23(14-17)28-3/h6-8,10-12,14-16,19,26-27H,5,9,13H2,1-4H3. The van der Waals surface area contributed by atoms with Gasteiger partial charge in [-0.2, -0.15) is 0 Å². The van der Waals surface area contributed by atoms with Crippen molar-refractivity contribution in [3.63, 3.8) is 0 Å². The van der Waals surface area contributed by atoms with Crippen LogP contribution in [0.25, 0.3) is 0 Å². The summed E-state index contributed by atoms with van der Waals surface area (Å²) in [6.07, 6.45) is 5.38. The van der Waals surface area contributed by atoms with Gasteiger partial charge in [-0.3, -0.25) is 4.79 Å². The number of phenolic OH excluding ortho intramolecular Hbond substituents is 2. The molecule has 2 N–H and O–H groups in total. The molecule has 0 bridgehead atoms. The largest absolute Gasteiger partial charge is 0.504 e. The first-order chi connectivity index (χ1) is 13.8. The number of hydrogen-bond acceptors (Lipinski definition) is 5. The molecule has 29 heavy (non-hydrogen) atoms. The molecule has 0 saturated carbocycles. The number of ketones is 1. The molecule has 5 nitrogen and oxygen atoms in total. The highest BCUT2D eigenvalue weighted by molar-refractivity contribution is 5.89. The number of hydrogen-bond donors (Lipinski definition) is 2. The lowest BCUT2D eigenvalue weighted by Crippen LogP contribution is -2.10. The monoisotopic (exact) mass is 398 g/mol. The Morgan fingerprint density at radius 1 is 0.966 bits per heavy atom. The van der Waals surface area contributed by atoms with Crippen molar-refractivity contribution >= 4 is 5.78 Å². The van der Waals surface area contributed by atoms with E-state index in [-0.39, 0.29) is 23.2 Å². The quantitative estimate of drug-likeness (QED) is 0.568. The molecular formula is C24H30O5. The van der Waals surface area contributed by atoms with Gasteiger partial charge in [0.1, 0.15) is 0 Å². The molecule has 0 amide bonds. The molecule has 2 aromatic rings. The number of aryl methyl sites for hydroxylation is 1. The van der Waals surface area contributed by atoms with Crippen molar-refractivity contribution < 1.29 is 24.5 Å². The van der Waals surface area contributed by atoms with Crippen LogP contribution in [0.5, 0.6) is 23.0 Å². The van der Waals surface area contributed by atoms with Crippen molar-refractivity contribution in [3.05, 3.63) is 59.7 Å². The molecule has 1 unspecified atom stereocenters. The van der Waals surface area contributed by atoms with Gasteiger partial charge in [0.25, 0.3) is 0 Å². The summed E-state index contributed by atoms with van der Waals surface area (Å²) in [6.45, 7) is 4.25. The van der Waals surface area contributed by atoms with E-state index >= 15 is 0 Å². The van der Waals surface area contributed by atoms with E-state index in [4.69, 9.17) is 9.47 Å². The highest BCUT2D eigenvalue weighted by Crippen LogP contribution is 2.29. The van der Waals surface area contributed by atoms with E-state index in [0.717, 1.165) is 17.5 Å². The second-order valence-electron chi connectivity index (χ2n) is 7.45. The van der Waals surface area contributed by atoms with Crippen LogP contribution in [0.3, 0.4) is 0 Å². The predicted molar refractivity (Wildman–Crippen MR) is 114 cm³/mol. The van der Waals surface area contributed by atoms with Gasteiger partial charge < -0.3 is 19.7 Å². The molecule has 0 saturated heterocycles. The lowest BCUT2D eigenvalue weighted by atomic mass is 9.88. The number of carbonyl (C=O) groups is 1. The summed E-state index contributed by atoms with van der Waals surface area (Å²) in [5, 5.41) is 19.4. The molecule has 2 aromatic carbocycles. The van der Waals surface area contributed by atoms with Crippen LogP contribution in [-0.2, 0) is 17.6 Å². The summed E-state index contributed by atoms with van der Waals surface area (Å²) in [7, 11) is 3.03. The van der Waals surface area contributed by atoms with Crippen LogP contribution in [0.4, 0.5) is 0 Å². The molecule has 0 heterocycles. The van der Waals surface area contributed by atoms with Gasteiger partial charge in [0.2, 0.25) is 0 Å². The number of ether oxygens (including phenoxy) is 2. The third-order valence-electron chi connectivity index (χ3n) is 5.01. The average Bonchev–Trinajstić information content (AvgIpc) is 2.71. The van der Waals surface area contributed by atoms with Crippen LogP contribution in [0.2, 0.25) is 0 Å². The summed E-state index contributed by atoms with van der Waals surface area (Å²) < 4.78 is 10.3. The smallest absolute Gasteiger partial charge is 0.160 e. The van der Waals surface area contributed by atoms with E-state index in [9.17, 15) is 15.0 Å². The van der Waals surface area contributed by atoms with Gasteiger partial charge in [-0.05, 0) is 66.1 Å². The Morgan fingerprint density at radius 2 is 1.52 bits per heavy atom. The van der Waals surface area contributed by atoms with Crippen LogP contribution in [-0.4, -0.2) is 30.2 Å². The molecule has 0 aliphatic heterocycles. The summed E-state index contributed by atoms with van der Waals surface area (Å²) in [5.41, 5.74) is 1.99. The van der Waals surface area contributed by atoms with Crippen LogP contribution in [0.1, 0.15) is 31.4 Å². The minimum absolute atomic E-state index is 0.0611. The van der Waals surface area contributed by atoms with Crippen LogP contribution in [0.15, 0.2) is 48.6 Å². The Balaban J connectivity index is 1.98. The maximum absolute atomic E-state index is 12.3. The van der Waals surface area contributed by atoms with E-state index in [2.05, 4.69) is 13.8 Å². The Hall–Kier alpha value is -2.95.